The fourth-order valence-corrected chi connectivity index (χ4v) is 0. The molecule has 0 aliphatic heterocycles. The molecule has 0 fully saturated rings. The van der Waals surface area contributed by atoms with Gasteiger partial charge in [0, 0.05) is 6.92 Å². The summed E-state index contributed by atoms with van der Waals surface area (Å²) in [5, 5.41) is 0. The molecule has 0 aliphatic rings. The van der Waals surface area contributed by atoms with Gasteiger partial charge in [0.2, 0.25) is 0 Å². The van der Waals surface area contributed by atoms with Crippen molar-refractivity contribution in [3.63, 3.8) is 0 Å². The Balaban J connectivity index is 2.80. The highest BCUT2D eigenvalue weighted by Crippen LogP contribution is 1.74. The summed E-state index contributed by atoms with van der Waals surface area (Å²) in [7, 11) is 0. The molecule has 0 unspecified atom stereocenters. The first-order valence-electron chi connectivity index (χ1n) is 0.893. The van der Waals surface area contributed by atoms with Crippen molar-refractivity contribution in [3.8, 4) is 0 Å². The van der Waals surface area contributed by atoms with Crippen LogP contribution in [0.15, 0.2) is 0 Å². The maximum absolute atomic E-state index is 9.36. The van der Waals surface area contributed by atoms with E-state index in [0.29, 0.717) is 0 Å². The minimum atomic E-state index is -0.0208. The fourth-order valence-electron chi connectivity index (χ4n) is 0. The first kappa shape index (κ1) is 4.15. The van der Waals surface area contributed by atoms with Gasteiger partial charge in [0.15, 0.2) is 4.69 Å². The highest BCUT2D eigenvalue weighted by Gasteiger charge is 1.66. The maximum Gasteiger partial charge on any atom is 0.194 e. The third-order valence-electron chi connectivity index (χ3n) is 0. The van der Waals surface area contributed by atoms with E-state index < -0.39 is 0 Å². The Morgan fingerprint density at radius 1 is 2.00 bits per heavy atom. The van der Waals surface area contributed by atoms with Gasteiger partial charge in [-0.3, -0.25) is 4.79 Å². The van der Waals surface area contributed by atoms with Gasteiger partial charge in [-0.05, 0) is 15.9 Å². The number of rotatable bonds is 0. The molecule has 0 radical (unpaired) electrons. The lowest BCUT2D eigenvalue weighted by atomic mass is 11.4. The predicted molar refractivity (Wildman–Crippen MR) is 19.6 cm³/mol. The molecular formula is C2H3BrO. The summed E-state index contributed by atoms with van der Waals surface area (Å²) in [5.74, 6) is 0. The van der Waals surface area contributed by atoms with Gasteiger partial charge >= 0.3 is 0 Å². The van der Waals surface area contributed by atoms with Crippen molar-refractivity contribution in [1.82, 2.24) is 0 Å². The van der Waals surface area contributed by atoms with E-state index in [2.05, 4.69) is 15.9 Å². The quantitative estimate of drug-likeness (QED) is 0.346. The molecule has 0 N–H and O–H groups in total. The Morgan fingerprint density at radius 3 is 2.00 bits per heavy atom. The first-order chi connectivity index (χ1) is 1.73. The van der Waals surface area contributed by atoms with Crippen molar-refractivity contribution in [2.75, 3.05) is 0 Å². The summed E-state index contributed by atoms with van der Waals surface area (Å²) in [6, 6.07) is 0. The van der Waals surface area contributed by atoms with E-state index in [1.807, 2.05) is 0 Å². The van der Waals surface area contributed by atoms with Crippen LogP contribution in [-0.4, -0.2) is 4.69 Å². The second-order valence-electron chi connectivity index (χ2n) is 0.470. The van der Waals surface area contributed by atoms with Crippen LogP contribution in [0.2, 0.25) is 0 Å². The lowest BCUT2D eigenvalue weighted by Crippen LogP contribution is -1.60. The highest BCUT2D eigenvalue weighted by atomic mass is 79.9. The van der Waals surface area contributed by atoms with Gasteiger partial charge in [0.05, 0.1) is 0 Å². The van der Waals surface area contributed by atoms with Gasteiger partial charge in [-0.15, -0.1) is 0 Å². The van der Waals surface area contributed by atoms with Crippen LogP contribution in [0.5, 0.6) is 0 Å². The predicted octanol–water partition coefficient (Wildman–Crippen LogP) is 0.928. The van der Waals surface area contributed by atoms with E-state index in [9.17, 15) is 4.79 Å². The smallest absolute Gasteiger partial charge is 0.194 e. The number of carbonyl (C=O) groups is 1. The van der Waals surface area contributed by atoms with Gasteiger partial charge < -0.3 is 0 Å². The lowest BCUT2D eigenvalue weighted by Gasteiger charge is -1.52. The fraction of sp³-hybridized carbons (Fsp3) is 0.500. The molecule has 2 heteroatoms. The second kappa shape index (κ2) is 1.47. The average molecular weight is 124 g/mol. The normalized spacial score (nSPS) is 6.50. The van der Waals surface area contributed by atoms with Gasteiger partial charge in [0.1, 0.15) is 0 Å². The molecule has 0 saturated carbocycles. The molecule has 0 atom stereocenters. The van der Waals surface area contributed by atoms with Crippen LogP contribution in [0.3, 0.4) is 0 Å². The Bertz CT molecular complexity index is 29.0. The summed E-state index contributed by atoms with van der Waals surface area (Å²) in [6.45, 7) is 1.44. The molecule has 0 amide bonds. The van der Waals surface area contributed by atoms with E-state index in [1.54, 1.807) is 0 Å². The van der Waals surface area contributed by atoms with E-state index >= 15 is 0 Å². The van der Waals surface area contributed by atoms with Crippen LogP contribution >= 0.6 is 15.9 Å². The van der Waals surface area contributed by atoms with Gasteiger partial charge in [-0.1, -0.05) is 0 Å². The summed E-state index contributed by atoms with van der Waals surface area (Å²) in [5.41, 5.74) is 0. The van der Waals surface area contributed by atoms with Crippen molar-refractivity contribution in [1.29, 1.82) is 0 Å². The summed E-state index contributed by atoms with van der Waals surface area (Å²) >= 11 is 2.63. The van der Waals surface area contributed by atoms with E-state index in [-0.39, 0.29) is 4.69 Å². The van der Waals surface area contributed by atoms with Crippen LogP contribution in [0.4, 0.5) is 0 Å². The van der Waals surface area contributed by atoms with Crippen molar-refractivity contribution in [3.05, 3.63) is 0 Å². The molecule has 0 rings (SSSR count). The average Bonchev–Trinajstić information content (AvgIpc) is 0.811. The molecule has 0 aliphatic carbocycles. The lowest BCUT2D eigenvalue weighted by molar-refractivity contribution is -0.108. The van der Waals surface area contributed by atoms with Gasteiger partial charge in [0.25, 0.3) is 0 Å². The molecule has 0 aromatic rings. The third kappa shape index (κ3) is 126. The van der Waals surface area contributed by atoms with E-state index in [4.69, 9.17) is 0 Å². The SMILES string of the molecule is C[13C](=O)Br. The maximum atomic E-state index is 9.36. The molecule has 0 bridgehead atoms. The van der Waals surface area contributed by atoms with Crippen molar-refractivity contribution in [2.45, 2.75) is 6.92 Å². The molecule has 0 heterocycles. The minimum Gasteiger partial charge on any atom is -0.287 e. The summed E-state index contributed by atoms with van der Waals surface area (Å²) in [4.78, 5) is 9.36. The zero-order valence-electron chi connectivity index (χ0n) is 2.29. The topological polar surface area (TPSA) is 17.1 Å². The Labute approximate surface area is 33.1 Å². The number of halogens is 1. The van der Waals surface area contributed by atoms with Gasteiger partial charge in [-0.2, -0.15) is 0 Å². The Kier molecular flexibility index (Phi) is 1.52. The van der Waals surface area contributed by atoms with Crippen LogP contribution in [0, 0.1) is 0 Å². The molecule has 4 heavy (non-hydrogen) atoms. The molecule has 1 nitrogen and oxygen atoms in total. The van der Waals surface area contributed by atoms with Crippen molar-refractivity contribution >= 4 is 20.6 Å². The monoisotopic (exact) mass is 123 g/mol. The second-order valence-corrected chi connectivity index (χ2v) is 1.59. The number of hydrogen-bond acceptors (Lipinski definition) is 1. The molecule has 0 spiro atoms. The number of carbonyl (C=O) groups excluding carboxylic acids is 1. The first-order valence-corrected chi connectivity index (χ1v) is 1.69. The Hall–Kier alpha value is 0.150. The van der Waals surface area contributed by atoms with Gasteiger partial charge in [-0.25, -0.2) is 0 Å². The van der Waals surface area contributed by atoms with Crippen LogP contribution < -0.4 is 0 Å². The number of hydrogen-bond donors (Lipinski definition) is 0. The molecular weight excluding hydrogens is 121 g/mol. The zero-order valence-corrected chi connectivity index (χ0v) is 3.87. The summed E-state index contributed by atoms with van der Waals surface area (Å²) in [6.07, 6.45) is 0. The van der Waals surface area contributed by atoms with Crippen molar-refractivity contribution in [2.24, 2.45) is 0 Å². The van der Waals surface area contributed by atoms with Crippen LogP contribution in [0.1, 0.15) is 6.92 Å². The summed E-state index contributed by atoms with van der Waals surface area (Å²) < 4.78 is -0.0208. The van der Waals surface area contributed by atoms with Crippen LogP contribution in [-0.2, 0) is 4.79 Å². The molecule has 0 aromatic heterocycles. The molecule has 0 aromatic carbocycles. The van der Waals surface area contributed by atoms with Crippen molar-refractivity contribution < 1.29 is 4.79 Å². The molecule has 0 saturated heterocycles. The Morgan fingerprint density at radius 2 is 2.00 bits per heavy atom. The van der Waals surface area contributed by atoms with Crippen LogP contribution in [0.25, 0.3) is 0 Å². The zero-order chi connectivity index (χ0) is 3.58. The van der Waals surface area contributed by atoms with E-state index in [0.717, 1.165) is 0 Å². The largest absolute Gasteiger partial charge is 0.287 e. The van der Waals surface area contributed by atoms with E-state index in [1.165, 1.54) is 6.92 Å². The standard InChI is InChI=1S/C2H3BrO/c1-2(3)4/h1H3/i2+1. The molecule has 24 valence electrons. The minimum absolute atomic E-state index is 0.0208. The highest BCUT2D eigenvalue weighted by molar-refractivity contribution is 9.18. The third-order valence-corrected chi connectivity index (χ3v) is 0.